The van der Waals surface area contributed by atoms with Crippen LogP contribution < -0.4 is 5.73 Å². The Bertz CT molecular complexity index is 319. The monoisotopic (exact) mass is 209 g/mol. The zero-order valence-electron chi connectivity index (χ0n) is 9.44. The first kappa shape index (κ1) is 11.9. The Labute approximate surface area is 90.5 Å². The Hall–Kier alpha value is -1.16. The molecule has 1 aromatic rings. The van der Waals surface area contributed by atoms with Crippen LogP contribution in [0, 0.1) is 5.92 Å². The highest BCUT2D eigenvalue weighted by molar-refractivity contribution is 5.95. The highest BCUT2D eigenvalue weighted by Crippen LogP contribution is 2.09. The number of carbonyl (C=O) groups is 1. The lowest BCUT2D eigenvalue weighted by Crippen LogP contribution is -2.12. The Kier molecular flexibility index (Phi) is 4.49. The molecule has 0 aliphatic heterocycles. The summed E-state index contributed by atoms with van der Waals surface area (Å²) < 4.78 is 1.76. The first-order valence-electron chi connectivity index (χ1n) is 5.43. The van der Waals surface area contributed by atoms with E-state index in [2.05, 4.69) is 12.0 Å². The number of nitrogens with two attached hydrogens (primary N) is 1. The van der Waals surface area contributed by atoms with E-state index in [1.54, 1.807) is 17.1 Å². The summed E-state index contributed by atoms with van der Waals surface area (Å²) in [5, 5.41) is 4.07. The van der Waals surface area contributed by atoms with Gasteiger partial charge in [-0.2, -0.15) is 5.10 Å². The summed E-state index contributed by atoms with van der Waals surface area (Å²) in [6.07, 6.45) is 4.86. The van der Waals surface area contributed by atoms with Crippen LogP contribution in [0.25, 0.3) is 0 Å². The van der Waals surface area contributed by atoms with Crippen LogP contribution in [-0.4, -0.2) is 22.1 Å². The van der Waals surface area contributed by atoms with Crippen molar-refractivity contribution in [2.45, 2.75) is 33.2 Å². The quantitative estimate of drug-likeness (QED) is 0.721. The van der Waals surface area contributed by atoms with E-state index in [0.717, 1.165) is 13.0 Å². The van der Waals surface area contributed by atoms with Gasteiger partial charge in [-0.15, -0.1) is 0 Å². The van der Waals surface area contributed by atoms with Crippen molar-refractivity contribution in [3.05, 3.63) is 18.0 Å². The molecule has 0 aliphatic carbocycles. The molecule has 0 aliphatic rings. The smallest absolute Gasteiger partial charge is 0.166 e. The van der Waals surface area contributed by atoms with Gasteiger partial charge in [-0.25, -0.2) is 0 Å². The maximum Gasteiger partial charge on any atom is 0.166 e. The van der Waals surface area contributed by atoms with Gasteiger partial charge < -0.3 is 5.73 Å². The largest absolute Gasteiger partial charge is 0.330 e. The lowest BCUT2D eigenvalue weighted by atomic mass is 10.0. The molecular formula is C11H19N3O. The topological polar surface area (TPSA) is 60.9 Å². The molecule has 15 heavy (non-hydrogen) atoms. The van der Waals surface area contributed by atoms with Crippen molar-refractivity contribution < 1.29 is 4.79 Å². The summed E-state index contributed by atoms with van der Waals surface area (Å²) >= 11 is 0. The Morgan fingerprint density at radius 3 is 2.93 bits per heavy atom. The van der Waals surface area contributed by atoms with E-state index in [1.165, 1.54) is 0 Å². The van der Waals surface area contributed by atoms with Gasteiger partial charge in [0.25, 0.3) is 0 Å². The lowest BCUT2D eigenvalue weighted by Gasteiger charge is -2.05. The molecule has 4 heteroatoms. The second-order valence-corrected chi connectivity index (χ2v) is 3.89. The maximum atomic E-state index is 11.7. The third kappa shape index (κ3) is 3.47. The molecule has 1 heterocycles. The van der Waals surface area contributed by atoms with E-state index in [4.69, 9.17) is 5.73 Å². The van der Waals surface area contributed by atoms with Crippen LogP contribution in [0.15, 0.2) is 12.4 Å². The number of rotatable bonds is 6. The normalized spacial score (nSPS) is 12.7. The van der Waals surface area contributed by atoms with E-state index in [0.29, 0.717) is 24.4 Å². The predicted molar refractivity (Wildman–Crippen MR) is 59.7 cm³/mol. The third-order valence-corrected chi connectivity index (χ3v) is 2.55. The van der Waals surface area contributed by atoms with E-state index in [1.807, 2.05) is 6.92 Å². The van der Waals surface area contributed by atoms with Gasteiger partial charge in [0.2, 0.25) is 0 Å². The summed E-state index contributed by atoms with van der Waals surface area (Å²) in [6, 6.07) is 0. The van der Waals surface area contributed by atoms with Crippen molar-refractivity contribution in [1.29, 1.82) is 0 Å². The molecule has 84 valence electrons. The zero-order valence-corrected chi connectivity index (χ0v) is 9.44. The summed E-state index contributed by atoms with van der Waals surface area (Å²) in [7, 11) is 0. The molecule has 2 N–H and O–H groups in total. The van der Waals surface area contributed by atoms with Crippen molar-refractivity contribution in [1.82, 2.24) is 9.78 Å². The van der Waals surface area contributed by atoms with Gasteiger partial charge in [0.05, 0.1) is 11.8 Å². The summed E-state index contributed by atoms with van der Waals surface area (Å²) in [5.41, 5.74) is 6.20. The fourth-order valence-electron chi connectivity index (χ4n) is 1.32. The molecule has 0 aromatic carbocycles. The third-order valence-electron chi connectivity index (χ3n) is 2.55. The van der Waals surface area contributed by atoms with Gasteiger partial charge in [-0.3, -0.25) is 9.48 Å². The van der Waals surface area contributed by atoms with Gasteiger partial charge in [0, 0.05) is 19.2 Å². The van der Waals surface area contributed by atoms with Crippen LogP contribution in [0.5, 0.6) is 0 Å². The highest BCUT2D eigenvalue weighted by Gasteiger charge is 2.09. The SMILES string of the molecule is CCn1cc(C(=O)CCC(C)CN)cn1. The molecule has 4 nitrogen and oxygen atoms in total. The highest BCUT2D eigenvalue weighted by atomic mass is 16.1. The molecule has 0 fully saturated rings. The standard InChI is InChI=1S/C11H19N3O/c1-3-14-8-10(7-13-14)11(15)5-4-9(2)6-12/h7-9H,3-6,12H2,1-2H3. The summed E-state index contributed by atoms with van der Waals surface area (Å²) in [5.74, 6) is 0.574. The molecule has 0 bridgehead atoms. The number of ketones is 1. The summed E-state index contributed by atoms with van der Waals surface area (Å²) in [6.45, 7) is 5.49. The number of carbonyl (C=O) groups excluding carboxylic acids is 1. The number of aromatic nitrogens is 2. The van der Waals surface area contributed by atoms with E-state index in [-0.39, 0.29) is 5.78 Å². The number of aryl methyl sites for hydroxylation is 1. The molecule has 0 spiro atoms. The van der Waals surface area contributed by atoms with Crippen LogP contribution >= 0.6 is 0 Å². The fraction of sp³-hybridized carbons (Fsp3) is 0.636. The second kappa shape index (κ2) is 5.66. The number of hydrogen-bond donors (Lipinski definition) is 1. The minimum atomic E-state index is 0.162. The molecule has 1 aromatic heterocycles. The van der Waals surface area contributed by atoms with Crippen LogP contribution in [0.3, 0.4) is 0 Å². The Morgan fingerprint density at radius 1 is 1.67 bits per heavy atom. The summed E-state index contributed by atoms with van der Waals surface area (Å²) in [4.78, 5) is 11.7. The van der Waals surface area contributed by atoms with Crippen molar-refractivity contribution >= 4 is 5.78 Å². The molecule has 0 amide bonds. The fourth-order valence-corrected chi connectivity index (χ4v) is 1.32. The van der Waals surface area contributed by atoms with Crippen LogP contribution in [-0.2, 0) is 6.54 Å². The van der Waals surface area contributed by atoms with Gasteiger partial charge >= 0.3 is 0 Å². The van der Waals surface area contributed by atoms with Gasteiger partial charge in [0.1, 0.15) is 0 Å². The minimum Gasteiger partial charge on any atom is -0.330 e. The first-order valence-corrected chi connectivity index (χ1v) is 5.43. The molecule has 1 atom stereocenters. The molecule has 0 saturated carbocycles. The average molecular weight is 209 g/mol. The van der Waals surface area contributed by atoms with Crippen LogP contribution in [0.2, 0.25) is 0 Å². The predicted octanol–water partition coefficient (Wildman–Crippen LogP) is 1.46. The van der Waals surface area contributed by atoms with Gasteiger partial charge in [-0.1, -0.05) is 6.92 Å². The van der Waals surface area contributed by atoms with Gasteiger partial charge in [-0.05, 0) is 25.8 Å². The molecule has 0 radical (unpaired) electrons. The van der Waals surface area contributed by atoms with Gasteiger partial charge in [0.15, 0.2) is 5.78 Å². The Morgan fingerprint density at radius 2 is 2.40 bits per heavy atom. The minimum absolute atomic E-state index is 0.162. The van der Waals surface area contributed by atoms with Crippen molar-refractivity contribution in [2.24, 2.45) is 11.7 Å². The first-order chi connectivity index (χ1) is 7.17. The van der Waals surface area contributed by atoms with Crippen molar-refractivity contribution in [3.63, 3.8) is 0 Å². The molecular weight excluding hydrogens is 190 g/mol. The lowest BCUT2D eigenvalue weighted by molar-refractivity contribution is 0.0975. The molecule has 0 saturated heterocycles. The molecule has 1 rings (SSSR count). The van der Waals surface area contributed by atoms with E-state index in [9.17, 15) is 4.79 Å². The van der Waals surface area contributed by atoms with E-state index < -0.39 is 0 Å². The number of nitrogens with zero attached hydrogens (tertiary/aromatic N) is 2. The van der Waals surface area contributed by atoms with Crippen molar-refractivity contribution in [2.75, 3.05) is 6.54 Å². The Balaban J connectivity index is 2.46. The number of hydrogen-bond acceptors (Lipinski definition) is 3. The second-order valence-electron chi connectivity index (χ2n) is 3.89. The van der Waals surface area contributed by atoms with Crippen LogP contribution in [0.4, 0.5) is 0 Å². The maximum absolute atomic E-state index is 11.7. The zero-order chi connectivity index (χ0) is 11.3. The van der Waals surface area contributed by atoms with Crippen molar-refractivity contribution in [3.8, 4) is 0 Å². The number of Topliss-reactive ketones (excluding diaryl/α,β-unsaturated/α-hetero) is 1. The van der Waals surface area contributed by atoms with E-state index >= 15 is 0 Å². The van der Waals surface area contributed by atoms with Crippen LogP contribution in [0.1, 0.15) is 37.0 Å². The molecule has 1 unspecified atom stereocenters. The average Bonchev–Trinajstić information content (AvgIpc) is 2.73.